The Morgan fingerprint density at radius 1 is 0.610 bits per heavy atom. The zero-order valence-corrected chi connectivity index (χ0v) is 23.4. The van der Waals surface area contributed by atoms with Crippen LogP contribution in [0, 0.1) is 0 Å². The van der Waals surface area contributed by atoms with Crippen LogP contribution in [-0.2, 0) is 10.0 Å². The molecular weight excluding hydrogens is 549 g/mol. The first-order valence-electron chi connectivity index (χ1n) is 13.2. The molecule has 0 amide bonds. The Labute approximate surface area is 242 Å². The zero-order chi connectivity index (χ0) is 27.8. The van der Waals surface area contributed by atoms with Crippen LogP contribution in [0.5, 0.6) is 0 Å². The van der Waals surface area contributed by atoms with Gasteiger partial charge in [0.2, 0.25) is 15.2 Å². The molecule has 0 aliphatic heterocycles. The normalized spacial score (nSPS) is 16.2. The number of rotatable bonds is 7. The van der Waals surface area contributed by atoms with Gasteiger partial charge in [-0.1, -0.05) is 127 Å². The molecular formula is C33H24N4O2S2. The molecule has 1 N–H and O–H groups in total. The third-order valence-electron chi connectivity index (χ3n) is 7.24. The average molecular weight is 573 g/mol. The number of thioether (sulfide) groups is 1. The molecule has 0 saturated carbocycles. The van der Waals surface area contributed by atoms with Gasteiger partial charge in [-0.05, 0) is 34.0 Å². The van der Waals surface area contributed by atoms with Crippen molar-refractivity contribution in [2.75, 3.05) is 0 Å². The highest BCUT2D eigenvalue weighted by Crippen LogP contribution is 2.53. The molecule has 2 atom stereocenters. The minimum absolute atomic E-state index is 0.225. The molecule has 5 aromatic carbocycles. The molecule has 0 unspecified atom stereocenters. The minimum atomic E-state index is -3.80. The smallest absolute Gasteiger partial charge is 0.219 e. The third kappa shape index (κ3) is 4.80. The van der Waals surface area contributed by atoms with Crippen LogP contribution >= 0.6 is 11.8 Å². The number of nitrogens with zero attached hydrogens (tertiary/aromatic N) is 3. The minimum Gasteiger partial charge on any atom is -0.219 e. The van der Waals surface area contributed by atoms with Crippen molar-refractivity contribution in [2.45, 2.75) is 21.3 Å². The summed E-state index contributed by atoms with van der Waals surface area (Å²) in [4.78, 5) is 5.24. The van der Waals surface area contributed by atoms with Crippen LogP contribution in [0.3, 0.4) is 0 Å². The Bertz CT molecular complexity index is 1960. The molecule has 1 aliphatic carbocycles. The number of nitrogens with one attached hydrogen (secondary N) is 1. The fourth-order valence-electron chi connectivity index (χ4n) is 5.39. The molecule has 0 fully saturated rings. The number of aromatic nitrogens is 3. The van der Waals surface area contributed by atoms with Crippen LogP contribution in [-0.4, -0.2) is 23.6 Å². The first-order valence-corrected chi connectivity index (χ1v) is 15.6. The molecule has 1 heterocycles. The lowest BCUT2D eigenvalue weighted by Crippen LogP contribution is -2.30. The second-order valence-electron chi connectivity index (χ2n) is 9.77. The summed E-state index contributed by atoms with van der Waals surface area (Å²) in [5, 5.41) is 11.5. The number of hydrogen-bond acceptors (Lipinski definition) is 6. The van der Waals surface area contributed by atoms with Gasteiger partial charge in [-0.3, -0.25) is 0 Å². The molecule has 8 heteroatoms. The summed E-state index contributed by atoms with van der Waals surface area (Å²) in [6.07, 6.45) is 0. The maximum absolute atomic E-state index is 13.5. The van der Waals surface area contributed by atoms with E-state index in [2.05, 4.69) is 33.1 Å². The van der Waals surface area contributed by atoms with Crippen LogP contribution in [0.25, 0.3) is 33.3 Å². The predicted octanol–water partition coefficient (Wildman–Crippen LogP) is 7.23. The topological polar surface area (TPSA) is 84.8 Å². The SMILES string of the molecule is O=S(=O)(N[C@@H]1c2cccc3cccc(c23)[C@@H]1Sc1nnc(-c2ccccc2)c(-c2ccccc2)n1)c1ccccc1. The van der Waals surface area contributed by atoms with E-state index < -0.39 is 16.1 Å². The number of benzene rings is 5. The standard InChI is InChI=1S/C33H24N4O2S2/c38-41(39,25-18-8-3-9-19-25)37-31-26-20-10-16-22-17-11-21-27(28(22)26)32(31)40-33-34-29(23-12-4-1-5-13-23)30(35-36-33)24-14-6-2-7-15-24/h1-21,31-32,37H/t31-,32+/m1/s1. The molecule has 0 saturated heterocycles. The molecule has 200 valence electrons. The highest BCUT2D eigenvalue weighted by Gasteiger charge is 2.38. The fourth-order valence-corrected chi connectivity index (χ4v) is 7.86. The molecule has 7 rings (SSSR count). The van der Waals surface area contributed by atoms with Crippen LogP contribution in [0.15, 0.2) is 137 Å². The predicted molar refractivity (Wildman–Crippen MR) is 163 cm³/mol. The lowest BCUT2D eigenvalue weighted by atomic mass is 10.0. The van der Waals surface area contributed by atoms with Crippen LogP contribution in [0.4, 0.5) is 0 Å². The summed E-state index contributed by atoms with van der Waals surface area (Å²) >= 11 is 1.43. The fraction of sp³-hybridized carbons (Fsp3) is 0.0606. The second-order valence-corrected chi connectivity index (χ2v) is 12.6. The van der Waals surface area contributed by atoms with Gasteiger partial charge in [0.15, 0.2) is 0 Å². The van der Waals surface area contributed by atoms with Crippen molar-refractivity contribution in [1.82, 2.24) is 19.9 Å². The van der Waals surface area contributed by atoms with Crippen molar-refractivity contribution >= 4 is 32.6 Å². The van der Waals surface area contributed by atoms with Crippen LogP contribution in [0.1, 0.15) is 22.4 Å². The Morgan fingerprint density at radius 3 is 1.85 bits per heavy atom. The Balaban J connectivity index is 1.33. The van der Waals surface area contributed by atoms with E-state index in [1.54, 1.807) is 30.3 Å². The maximum Gasteiger partial charge on any atom is 0.241 e. The Morgan fingerprint density at radius 2 is 1.20 bits per heavy atom. The summed E-state index contributed by atoms with van der Waals surface area (Å²) in [5.74, 6) is 0. The van der Waals surface area contributed by atoms with Gasteiger partial charge < -0.3 is 0 Å². The first kappa shape index (κ1) is 25.6. The van der Waals surface area contributed by atoms with Crippen molar-refractivity contribution in [3.05, 3.63) is 139 Å². The van der Waals surface area contributed by atoms with Crippen molar-refractivity contribution in [3.8, 4) is 22.5 Å². The summed E-state index contributed by atoms with van der Waals surface area (Å²) in [7, 11) is -3.80. The van der Waals surface area contributed by atoms with Crippen LogP contribution < -0.4 is 4.72 Å². The molecule has 0 bridgehead atoms. The first-order chi connectivity index (χ1) is 20.1. The van der Waals surface area contributed by atoms with Gasteiger partial charge in [-0.15, -0.1) is 10.2 Å². The molecule has 1 aromatic heterocycles. The number of hydrogen-bond donors (Lipinski definition) is 1. The Kier molecular flexibility index (Phi) is 6.59. The summed E-state index contributed by atoms with van der Waals surface area (Å²) in [6.45, 7) is 0. The highest BCUT2D eigenvalue weighted by molar-refractivity contribution is 7.99. The summed E-state index contributed by atoms with van der Waals surface area (Å²) in [5.41, 5.74) is 5.26. The van der Waals surface area contributed by atoms with E-state index in [1.165, 1.54) is 11.8 Å². The van der Waals surface area contributed by atoms with Gasteiger partial charge in [0, 0.05) is 11.1 Å². The lowest BCUT2D eigenvalue weighted by Gasteiger charge is -2.22. The van der Waals surface area contributed by atoms with Gasteiger partial charge in [-0.2, -0.15) is 0 Å². The zero-order valence-electron chi connectivity index (χ0n) is 21.8. The molecule has 0 radical (unpaired) electrons. The number of sulfonamides is 1. The van der Waals surface area contributed by atoms with Gasteiger partial charge in [-0.25, -0.2) is 18.1 Å². The van der Waals surface area contributed by atoms with E-state index in [0.29, 0.717) is 10.9 Å². The van der Waals surface area contributed by atoms with E-state index in [1.807, 2.05) is 78.9 Å². The van der Waals surface area contributed by atoms with E-state index in [-0.39, 0.29) is 10.1 Å². The highest BCUT2D eigenvalue weighted by atomic mass is 32.2. The van der Waals surface area contributed by atoms with Crippen molar-refractivity contribution in [2.24, 2.45) is 0 Å². The largest absolute Gasteiger partial charge is 0.241 e. The monoisotopic (exact) mass is 572 g/mol. The molecule has 6 nitrogen and oxygen atoms in total. The van der Waals surface area contributed by atoms with Gasteiger partial charge in [0.25, 0.3) is 0 Å². The van der Waals surface area contributed by atoms with Gasteiger partial charge in [0.05, 0.1) is 16.2 Å². The Hall–Kier alpha value is -4.37. The van der Waals surface area contributed by atoms with E-state index >= 15 is 0 Å². The van der Waals surface area contributed by atoms with Crippen molar-refractivity contribution in [1.29, 1.82) is 0 Å². The van der Waals surface area contributed by atoms with Gasteiger partial charge >= 0.3 is 0 Å². The van der Waals surface area contributed by atoms with Crippen molar-refractivity contribution < 1.29 is 8.42 Å². The maximum atomic E-state index is 13.5. The van der Waals surface area contributed by atoms with Crippen LogP contribution in [0.2, 0.25) is 0 Å². The molecule has 41 heavy (non-hydrogen) atoms. The quantitative estimate of drug-likeness (QED) is 0.217. The van der Waals surface area contributed by atoms with E-state index in [0.717, 1.165) is 38.7 Å². The molecule has 6 aromatic rings. The van der Waals surface area contributed by atoms with E-state index in [4.69, 9.17) is 4.98 Å². The average Bonchev–Trinajstić information content (AvgIpc) is 3.31. The van der Waals surface area contributed by atoms with E-state index in [9.17, 15) is 8.42 Å². The van der Waals surface area contributed by atoms with Gasteiger partial charge in [0.1, 0.15) is 11.4 Å². The third-order valence-corrected chi connectivity index (χ3v) is 9.86. The molecule has 1 aliphatic rings. The lowest BCUT2D eigenvalue weighted by molar-refractivity contribution is 0.557. The second kappa shape index (κ2) is 10.6. The van der Waals surface area contributed by atoms with Crippen molar-refractivity contribution in [3.63, 3.8) is 0 Å². The molecule has 0 spiro atoms. The summed E-state index contributed by atoms with van der Waals surface area (Å²) < 4.78 is 30.1. The summed E-state index contributed by atoms with van der Waals surface area (Å²) in [6, 6.07) is 39.9.